The summed E-state index contributed by atoms with van der Waals surface area (Å²) in [5.41, 5.74) is 0. The van der Waals surface area contributed by atoms with Crippen molar-refractivity contribution in [1.29, 1.82) is 0 Å². The van der Waals surface area contributed by atoms with Crippen LogP contribution in [0.3, 0.4) is 0 Å². The Bertz CT molecular complexity index is 444. The number of amides is 4. The van der Waals surface area contributed by atoms with Gasteiger partial charge in [0.1, 0.15) is 0 Å². The van der Waals surface area contributed by atoms with Gasteiger partial charge in [-0.15, -0.1) is 0 Å². The fraction of sp³-hybridized carbons (Fsp3) is 0.882. The second-order valence-corrected chi connectivity index (χ2v) is 6.99. The Kier molecular flexibility index (Phi) is 6.75. The number of nitrogens with one attached hydrogen (secondary N) is 2. The summed E-state index contributed by atoms with van der Waals surface area (Å²) in [7, 11) is 0. The molecule has 1 saturated carbocycles. The number of hydrogen-bond acceptors (Lipinski definition) is 4. The topological polar surface area (TPSA) is 83.1 Å². The largest absolute Gasteiger partial charge is 0.378 e. The van der Waals surface area contributed by atoms with E-state index in [-0.39, 0.29) is 18.1 Å². The number of nitrogens with zero attached hydrogens (tertiary/aromatic N) is 2. The quantitative estimate of drug-likeness (QED) is 0.776. The van der Waals surface area contributed by atoms with Crippen LogP contribution in [-0.2, 0) is 9.47 Å². The van der Waals surface area contributed by atoms with Crippen LogP contribution in [0.4, 0.5) is 9.59 Å². The maximum Gasteiger partial charge on any atom is 0.317 e. The SMILES string of the molecule is O=C(NCC(NC(=O)N1CCOCC1)C1CCCC1)N1CCOCC1. The molecular formula is C17H30N4O4. The van der Waals surface area contributed by atoms with Gasteiger partial charge in [-0.3, -0.25) is 0 Å². The minimum atomic E-state index is -0.0630. The van der Waals surface area contributed by atoms with Crippen molar-refractivity contribution in [2.45, 2.75) is 31.7 Å². The molecule has 2 saturated heterocycles. The van der Waals surface area contributed by atoms with Crippen LogP contribution >= 0.6 is 0 Å². The van der Waals surface area contributed by atoms with Crippen molar-refractivity contribution in [3.8, 4) is 0 Å². The molecule has 0 radical (unpaired) electrons. The zero-order chi connectivity index (χ0) is 17.5. The van der Waals surface area contributed by atoms with E-state index < -0.39 is 0 Å². The van der Waals surface area contributed by atoms with E-state index in [4.69, 9.17) is 9.47 Å². The van der Waals surface area contributed by atoms with Gasteiger partial charge in [-0.05, 0) is 18.8 Å². The highest BCUT2D eigenvalue weighted by atomic mass is 16.5. The maximum atomic E-state index is 12.5. The smallest absolute Gasteiger partial charge is 0.317 e. The van der Waals surface area contributed by atoms with Crippen LogP contribution in [0.1, 0.15) is 25.7 Å². The summed E-state index contributed by atoms with van der Waals surface area (Å²) in [4.78, 5) is 28.4. The van der Waals surface area contributed by atoms with Gasteiger partial charge >= 0.3 is 12.1 Å². The van der Waals surface area contributed by atoms with Gasteiger partial charge in [0.05, 0.1) is 32.5 Å². The van der Waals surface area contributed by atoms with Crippen LogP contribution in [0.5, 0.6) is 0 Å². The average molecular weight is 354 g/mol. The van der Waals surface area contributed by atoms with Crippen LogP contribution in [0.2, 0.25) is 0 Å². The molecule has 4 amide bonds. The number of urea groups is 2. The van der Waals surface area contributed by atoms with Crippen molar-refractivity contribution in [3.05, 3.63) is 0 Å². The second kappa shape index (κ2) is 9.24. The molecule has 1 aliphatic carbocycles. The van der Waals surface area contributed by atoms with Crippen LogP contribution in [0, 0.1) is 5.92 Å². The van der Waals surface area contributed by atoms with Crippen molar-refractivity contribution >= 4 is 12.1 Å². The summed E-state index contributed by atoms with van der Waals surface area (Å²) in [6.45, 7) is 5.36. The molecular weight excluding hydrogens is 324 g/mol. The highest BCUT2D eigenvalue weighted by Crippen LogP contribution is 2.27. The summed E-state index contributed by atoms with van der Waals surface area (Å²) in [5, 5.41) is 6.17. The van der Waals surface area contributed by atoms with Crippen LogP contribution < -0.4 is 10.6 Å². The van der Waals surface area contributed by atoms with Gasteiger partial charge in [-0.2, -0.15) is 0 Å². The van der Waals surface area contributed by atoms with E-state index in [1.165, 1.54) is 12.8 Å². The van der Waals surface area contributed by atoms with Crippen LogP contribution in [-0.4, -0.2) is 87.1 Å². The Hall–Kier alpha value is -1.54. The number of rotatable bonds is 4. The van der Waals surface area contributed by atoms with E-state index in [0.29, 0.717) is 65.1 Å². The van der Waals surface area contributed by atoms with Gasteiger partial charge in [0.25, 0.3) is 0 Å². The summed E-state index contributed by atoms with van der Waals surface area (Å²) in [5.74, 6) is 0.440. The lowest BCUT2D eigenvalue weighted by atomic mass is 9.98. The second-order valence-electron chi connectivity index (χ2n) is 6.99. The molecule has 8 nitrogen and oxygen atoms in total. The molecule has 0 aromatic carbocycles. The first-order valence-corrected chi connectivity index (χ1v) is 9.48. The third-order valence-electron chi connectivity index (χ3n) is 5.35. The molecule has 0 aromatic heterocycles. The minimum Gasteiger partial charge on any atom is -0.378 e. The van der Waals surface area contributed by atoms with Crippen molar-refractivity contribution in [2.24, 2.45) is 5.92 Å². The Balaban J connectivity index is 1.51. The van der Waals surface area contributed by atoms with E-state index in [1.54, 1.807) is 9.80 Å². The summed E-state index contributed by atoms with van der Waals surface area (Å²) in [6, 6.07) is -0.115. The van der Waals surface area contributed by atoms with E-state index in [1.807, 2.05) is 0 Å². The molecule has 2 aliphatic heterocycles. The molecule has 2 heterocycles. The lowest BCUT2D eigenvalue weighted by molar-refractivity contribution is 0.0509. The molecule has 0 aromatic rings. The number of carbonyl (C=O) groups excluding carboxylic acids is 2. The van der Waals surface area contributed by atoms with Crippen LogP contribution in [0.15, 0.2) is 0 Å². The summed E-state index contributed by atoms with van der Waals surface area (Å²) in [6.07, 6.45) is 4.63. The highest BCUT2D eigenvalue weighted by Gasteiger charge is 2.29. The first kappa shape index (κ1) is 18.3. The zero-order valence-electron chi connectivity index (χ0n) is 14.9. The number of ether oxygens (including phenoxy) is 2. The van der Waals surface area contributed by atoms with Crippen LogP contribution in [0.25, 0.3) is 0 Å². The van der Waals surface area contributed by atoms with Crippen molar-refractivity contribution < 1.29 is 19.1 Å². The number of carbonyl (C=O) groups is 2. The van der Waals surface area contributed by atoms with Crippen molar-refractivity contribution in [1.82, 2.24) is 20.4 Å². The van der Waals surface area contributed by atoms with E-state index >= 15 is 0 Å². The van der Waals surface area contributed by atoms with Gasteiger partial charge in [0, 0.05) is 32.7 Å². The number of morpholine rings is 2. The molecule has 2 N–H and O–H groups in total. The molecule has 1 unspecified atom stereocenters. The Morgan fingerprint density at radius 2 is 1.40 bits per heavy atom. The van der Waals surface area contributed by atoms with Gasteiger partial charge in [0.15, 0.2) is 0 Å². The zero-order valence-corrected chi connectivity index (χ0v) is 14.9. The first-order chi connectivity index (χ1) is 12.2. The van der Waals surface area contributed by atoms with E-state index in [9.17, 15) is 9.59 Å². The Labute approximate surface area is 149 Å². The lowest BCUT2D eigenvalue weighted by Crippen LogP contribution is -2.55. The summed E-state index contributed by atoms with van der Waals surface area (Å²) < 4.78 is 10.6. The van der Waals surface area contributed by atoms with Gasteiger partial charge in [-0.1, -0.05) is 12.8 Å². The highest BCUT2D eigenvalue weighted by molar-refractivity contribution is 5.76. The molecule has 0 spiro atoms. The molecule has 3 aliphatic rings. The van der Waals surface area contributed by atoms with Gasteiger partial charge in [-0.25, -0.2) is 9.59 Å². The Morgan fingerprint density at radius 3 is 1.96 bits per heavy atom. The maximum absolute atomic E-state index is 12.5. The fourth-order valence-electron chi connectivity index (χ4n) is 3.79. The molecule has 25 heavy (non-hydrogen) atoms. The normalized spacial score (nSPS) is 23.4. The van der Waals surface area contributed by atoms with Gasteiger partial charge < -0.3 is 29.9 Å². The predicted octanol–water partition coefficient (Wildman–Crippen LogP) is 0.629. The van der Waals surface area contributed by atoms with E-state index in [2.05, 4.69) is 10.6 Å². The lowest BCUT2D eigenvalue weighted by Gasteiger charge is -2.32. The Morgan fingerprint density at radius 1 is 0.880 bits per heavy atom. The molecule has 3 fully saturated rings. The fourth-order valence-corrected chi connectivity index (χ4v) is 3.79. The molecule has 142 valence electrons. The van der Waals surface area contributed by atoms with Crippen molar-refractivity contribution in [2.75, 3.05) is 59.2 Å². The summed E-state index contributed by atoms with van der Waals surface area (Å²) >= 11 is 0. The molecule has 8 heteroatoms. The number of hydrogen-bond donors (Lipinski definition) is 2. The van der Waals surface area contributed by atoms with Gasteiger partial charge in [0.2, 0.25) is 0 Å². The standard InChI is InChI=1S/C17H30N4O4/c22-16(20-5-9-24-10-6-20)18-13-15(14-3-1-2-4-14)19-17(23)21-7-11-25-12-8-21/h14-15H,1-13H2,(H,18,22)(H,19,23). The van der Waals surface area contributed by atoms with Crippen molar-refractivity contribution in [3.63, 3.8) is 0 Å². The first-order valence-electron chi connectivity index (χ1n) is 9.48. The minimum absolute atomic E-state index is 0.0113. The molecule has 1 atom stereocenters. The monoisotopic (exact) mass is 354 g/mol. The predicted molar refractivity (Wildman–Crippen MR) is 92.5 cm³/mol. The average Bonchev–Trinajstić information content (AvgIpc) is 3.20. The molecule has 0 bridgehead atoms. The third kappa shape index (κ3) is 5.22. The molecule has 3 rings (SSSR count). The third-order valence-corrected chi connectivity index (χ3v) is 5.35. The van der Waals surface area contributed by atoms with E-state index in [0.717, 1.165) is 12.8 Å².